The molecule has 1 saturated heterocycles. The number of likely N-dealkylation sites (tertiary alicyclic amines) is 1. The van der Waals surface area contributed by atoms with Crippen LogP contribution in [0.4, 0.5) is 0 Å². The molecule has 0 amide bonds. The van der Waals surface area contributed by atoms with Crippen LogP contribution in [0.25, 0.3) is 5.52 Å². The van der Waals surface area contributed by atoms with E-state index < -0.39 is 0 Å². The molecule has 1 aliphatic rings. The van der Waals surface area contributed by atoms with E-state index in [4.69, 9.17) is 4.52 Å². The first-order chi connectivity index (χ1) is 11.7. The van der Waals surface area contributed by atoms with Crippen molar-refractivity contribution in [3.63, 3.8) is 0 Å². The lowest BCUT2D eigenvalue weighted by molar-refractivity contribution is 0.185. The van der Waals surface area contributed by atoms with Gasteiger partial charge < -0.3 is 4.52 Å². The SMILES string of the molecule is CC(C)c1noc(C2CCN(Cc3cccc4ccnn34)CC2)n1. The van der Waals surface area contributed by atoms with Crippen LogP contribution in [0.3, 0.4) is 0 Å². The Morgan fingerprint density at radius 2 is 2.04 bits per heavy atom. The van der Waals surface area contributed by atoms with Gasteiger partial charge in [-0.05, 0) is 44.1 Å². The minimum atomic E-state index is 0.317. The zero-order chi connectivity index (χ0) is 16.5. The Kier molecular flexibility index (Phi) is 4.06. The molecule has 4 heterocycles. The molecule has 0 aromatic carbocycles. The van der Waals surface area contributed by atoms with Crippen molar-refractivity contribution in [2.75, 3.05) is 13.1 Å². The topological polar surface area (TPSA) is 59.5 Å². The van der Waals surface area contributed by atoms with Crippen molar-refractivity contribution in [2.24, 2.45) is 0 Å². The van der Waals surface area contributed by atoms with Gasteiger partial charge in [-0.3, -0.25) is 4.90 Å². The number of fused-ring (bicyclic) bond motifs is 1. The summed E-state index contributed by atoms with van der Waals surface area (Å²) in [6, 6.07) is 8.38. The van der Waals surface area contributed by atoms with Crippen molar-refractivity contribution >= 4 is 5.52 Å². The molecule has 24 heavy (non-hydrogen) atoms. The molecule has 1 fully saturated rings. The van der Waals surface area contributed by atoms with Gasteiger partial charge in [-0.25, -0.2) is 4.52 Å². The zero-order valence-electron chi connectivity index (χ0n) is 14.2. The largest absolute Gasteiger partial charge is 0.339 e. The summed E-state index contributed by atoms with van der Waals surface area (Å²) >= 11 is 0. The second-order valence-corrected chi connectivity index (χ2v) is 6.88. The van der Waals surface area contributed by atoms with Gasteiger partial charge in [-0.1, -0.05) is 25.1 Å². The van der Waals surface area contributed by atoms with E-state index in [1.807, 2.05) is 16.8 Å². The third kappa shape index (κ3) is 2.94. The Morgan fingerprint density at radius 3 is 2.79 bits per heavy atom. The molecule has 0 spiro atoms. The van der Waals surface area contributed by atoms with E-state index in [-0.39, 0.29) is 0 Å². The first-order valence-corrected chi connectivity index (χ1v) is 8.68. The van der Waals surface area contributed by atoms with Gasteiger partial charge in [0.15, 0.2) is 5.82 Å². The molecule has 0 unspecified atom stereocenters. The van der Waals surface area contributed by atoms with Gasteiger partial charge in [-0.2, -0.15) is 10.1 Å². The summed E-state index contributed by atoms with van der Waals surface area (Å²) < 4.78 is 7.50. The maximum Gasteiger partial charge on any atom is 0.229 e. The second-order valence-electron chi connectivity index (χ2n) is 6.88. The number of hydrogen-bond donors (Lipinski definition) is 0. The predicted octanol–water partition coefficient (Wildman–Crippen LogP) is 3.22. The van der Waals surface area contributed by atoms with Crippen molar-refractivity contribution in [1.82, 2.24) is 24.7 Å². The fourth-order valence-corrected chi connectivity index (χ4v) is 3.34. The van der Waals surface area contributed by atoms with E-state index in [1.54, 1.807) is 0 Å². The Hall–Kier alpha value is -2.21. The van der Waals surface area contributed by atoms with Crippen LogP contribution in [-0.4, -0.2) is 37.7 Å². The summed E-state index contributed by atoms with van der Waals surface area (Å²) in [6.45, 7) is 7.19. The molecule has 0 radical (unpaired) electrons. The smallest absolute Gasteiger partial charge is 0.229 e. The minimum Gasteiger partial charge on any atom is -0.339 e. The highest BCUT2D eigenvalue weighted by Gasteiger charge is 2.26. The monoisotopic (exact) mass is 325 g/mol. The van der Waals surface area contributed by atoms with Crippen molar-refractivity contribution in [1.29, 1.82) is 0 Å². The lowest BCUT2D eigenvalue weighted by atomic mass is 9.96. The van der Waals surface area contributed by atoms with Crippen molar-refractivity contribution in [3.8, 4) is 0 Å². The Balaban J connectivity index is 1.40. The number of nitrogens with zero attached hydrogens (tertiary/aromatic N) is 5. The standard InChI is InChI=1S/C18H23N5O/c1-13(2)17-20-18(24-21-17)14-7-10-22(11-8-14)12-16-5-3-4-15-6-9-19-23(15)16/h3-6,9,13-14H,7-8,10-12H2,1-2H3. The first-order valence-electron chi connectivity index (χ1n) is 8.68. The van der Waals surface area contributed by atoms with Crippen LogP contribution in [0.5, 0.6) is 0 Å². The maximum absolute atomic E-state index is 5.47. The molecule has 6 heteroatoms. The Morgan fingerprint density at radius 1 is 1.21 bits per heavy atom. The normalized spacial score (nSPS) is 17.1. The summed E-state index contributed by atoms with van der Waals surface area (Å²) in [7, 11) is 0. The van der Waals surface area contributed by atoms with E-state index in [9.17, 15) is 0 Å². The Bertz CT molecular complexity index is 814. The van der Waals surface area contributed by atoms with Crippen molar-refractivity contribution < 1.29 is 4.52 Å². The number of rotatable bonds is 4. The van der Waals surface area contributed by atoms with Gasteiger partial charge in [0.05, 0.1) is 11.2 Å². The Labute approximate surface area is 141 Å². The van der Waals surface area contributed by atoms with Crippen molar-refractivity contribution in [3.05, 3.63) is 47.9 Å². The van der Waals surface area contributed by atoms with Gasteiger partial charge in [-0.15, -0.1) is 0 Å². The molecule has 126 valence electrons. The van der Waals surface area contributed by atoms with Gasteiger partial charge >= 0.3 is 0 Å². The van der Waals surface area contributed by atoms with Crippen LogP contribution in [0.2, 0.25) is 0 Å². The van der Waals surface area contributed by atoms with E-state index in [1.165, 1.54) is 5.69 Å². The summed E-state index contributed by atoms with van der Waals surface area (Å²) in [5.41, 5.74) is 2.38. The fourth-order valence-electron chi connectivity index (χ4n) is 3.34. The quantitative estimate of drug-likeness (QED) is 0.737. The third-order valence-electron chi connectivity index (χ3n) is 4.80. The average Bonchev–Trinajstić information content (AvgIpc) is 3.25. The van der Waals surface area contributed by atoms with Crippen LogP contribution in [0, 0.1) is 0 Å². The molecule has 0 aliphatic carbocycles. The lowest BCUT2D eigenvalue weighted by Gasteiger charge is -2.30. The first kappa shape index (κ1) is 15.3. The van der Waals surface area contributed by atoms with Crippen molar-refractivity contribution in [2.45, 2.75) is 45.1 Å². The third-order valence-corrected chi connectivity index (χ3v) is 4.80. The van der Waals surface area contributed by atoms with Crippen LogP contribution in [-0.2, 0) is 6.54 Å². The summed E-state index contributed by atoms with van der Waals surface area (Å²) in [6.07, 6.45) is 3.98. The van der Waals surface area contributed by atoms with Crippen LogP contribution in [0.15, 0.2) is 35.0 Å². The molecule has 0 atom stereocenters. The van der Waals surface area contributed by atoms with E-state index in [2.05, 4.69) is 52.2 Å². The summed E-state index contributed by atoms with van der Waals surface area (Å²) in [5, 5.41) is 8.52. The number of aromatic nitrogens is 4. The molecule has 0 N–H and O–H groups in total. The van der Waals surface area contributed by atoms with Gasteiger partial charge in [0.2, 0.25) is 5.89 Å². The number of piperidine rings is 1. The molecule has 1 aliphatic heterocycles. The molecule has 6 nitrogen and oxygen atoms in total. The summed E-state index contributed by atoms with van der Waals surface area (Å²) in [5.74, 6) is 2.34. The highest BCUT2D eigenvalue weighted by molar-refractivity contribution is 5.46. The van der Waals surface area contributed by atoms with E-state index >= 15 is 0 Å². The van der Waals surface area contributed by atoms with Gasteiger partial charge in [0, 0.05) is 24.6 Å². The van der Waals surface area contributed by atoms with Crippen LogP contribution >= 0.6 is 0 Å². The predicted molar refractivity (Wildman–Crippen MR) is 90.8 cm³/mol. The zero-order valence-corrected chi connectivity index (χ0v) is 14.2. The molecule has 4 rings (SSSR count). The molecule has 3 aromatic rings. The van der Waals surface area contributed by atoms with Crippen LogP contribution < -0.4 is 0 Å². The van der Waals surface area contributed by atoms with E-state index in [0.29, 0.717) is 11.8 Å². The minimum absolute atomic E-state index is 0.317. The van der Waals surface area contributed by atoms with E-state index in [0.717, 1.165) is 49.7 Å². The molecular formula is C18H23N5O. The van der Waals surface area contributed by atoms with Crippen LogP contribution in [0.1, 0.15) is 55.9 Å². The highest BCUT2D eigenvalue weighted by atomic mass is 16.5. The molecule has 3 aromatic heterocycles. The average molecular weight is 325 g/mol. The maximum atomic E-state index is 5.47. The fraction of sp³-hybridized carbons (Fsp3) is 0.500. The number of pyridine rings is 1. The second kappa shape index (κ2) is 6.36. The molecule has 0 saturated carbocycles. The lowest BCUT2D eigenvalue weighted by Crippen LogP contribution is -2.33. The number of hydrogen-bond acceptors (Lipinski definition) is 5. The summed E-state index contributed by atoms with van der Waals surface area (Å²) in [4.78, 5) is 7.04. The van der Waals surface area contributed by atoms with Gasteiger partial charge in [0.25, 0.3) is 0 Å². The highest BCUT2D eigenvalue weighted by Crippen LogP contribution is 2.28. The molecule has 0 bridgehead atoms. The van der Waals surface area contributed by atoms with Gasteiger partial charge in [0.1, 0.15) is 0 Å². The molecular weight excluding hydrogens is 302 g/mol.